The van der Waals surface area contributed by atoms with Crippen molar-refractivity contribution in [1.29, 1.82) is 0 Å². The van der Waals surface area contributed by atoms with Crippen LogP contribution >= 0.6 is 22.6 Å². The fraction of sp³-hybridized carbons (Fsp3) is 0.417. The normalized spacial score (nSPS) is 23.7. The van der Waals surface area contributed by atoms with Crippen LogP contribution in [0.25, 0.3) is 0 Å². The van der Waals surface area contributed by atoms with E-state index < -0.39 is 0 Å². The molecule has 1 aliphatic rings. The minimum atomic E-state index is -0.301. The number of carbonyl (C=O) groups excluding carboxylic acids is 1. The van der Waals surface area contributed by atoms with E-state index >= 15 is 0 Å². The molecule has 3 N–H and O–H groups in total. The highest BCUT2D eigenvalue weighted by molar-refractivity contribution is 14.1. The SMILES string of the molecule is NC1CCCC1C(=O)Nc1ccc(F)cc1I. The average Bonchev–Trinajstić information content (AvgIpc) is 2.68. The second kappa shape index (κ2) is 5.30. The van der Waals surface area contributed by atoms with Gasteiger partial charge in [0, 0.05) is 9.61 Å². The molecule has 5 heteroatoms. The maximum absolute atomic E-state index is 12.9. The molecule has 1 fully saturated rings. The van der Waals surface area contributed by atoms with Crippen LogP contribution in [-0.4, -0.2) is 11.9 Å². The Morgan fingerprint density at radius 2 is 2.24 bits per heavy atom. The molecule has 0 radical (unpaired) electrons. The zero-order valence-corrected chi connectivity index (χ0v) is 11.4. The van der Waals surface area contributed by atoms with Crippen molar-refractivity contribution in [3.63, 3.8) is 0 Å². The van der Waals surface area contributed by atoms with Gasteiger partial charge in [-0.25, -0.2) is 4.39 Å². The van der Waals surface area contributed by atoms with Crippen molar-refractivity contribution in [1.82, 2.24) is 0 Å². The van der Waals surface area contributed by atoms with Crippen LogP contribution in [0.4, 0.5) is 10.1 Å². The molecule has 0 aromatic heterocycles. The van der Waals surface area contributed by atoms with Crippen LogP contribution in [0.1, 0.15) is 19.3 Å². The summed E-state index contributed by atoms with van der Waals surface area (Å²) in [6, 6.07) is 4.26. The third-order valence-corrected chi connectivity index (χ3v) is 3.99. The lowest BCUT2D eigenvalue weighted by atomic mass is 10.0. The zero-order chi connectivity index (χ0) is 12.4. The first-order chi connectivity index (χ1) is 8.08. The first kappa shape index (κ1) is 12.8. The number of benzene rings is 1. The lowest BCUT2D eigenvalue weighted by Crippen LogP contribution is -2.34. The third kappa shape index (κ3) is 2.95. The lowest BCUT2D eigenvalue weighted by molar-refractivity contribution is -0.120. The van der Waals surface area contributed by atoms with Crippen molar-refractivity contribution < 1.29 is 9.18 Å². The number of carbonyl (C=O) groups is 1. The number of hydrogen-bond acceptors (Lipinski definition) is 2. The van der Waals surface area contributed by atoms with Crippen LogP contribution < -0.4 is 11.1 Å². The molecule has 3 nitrogen and oxygen atoms in total. The van der Waals surface area contributed by atoms with E-state index in [1.165, 1.54) is 12.1 Å². The number of halogens is 2. The highest BCUT2D eigenvalue weighted by Gasteiger charge is 2.30. The van der Waals surface area contributed by atoms with Gasteiger partial charge in [0.25, 0.3) is 0 Å². The van der Waals surface area contributed by atoms with Gasteiger partial charge in [0.1, 0.15) is 5.82 Å². The van der Waals surface area contributed by atoms with E-state index in [4.69, 9.17) is 5.73 Å². The summed E-state index contributed by atoms with van der Waals surface area (Å²) in [5.74, 6) is -0.472. The molecule has 2 atom stereocenters. The van der Waals surface area contributed by atoms with Gasteiger partial charge >= 0.3 is 0 Å². The fourth-order valence-electron chi connectivity index (χ4n) is 2.13. The second-order valence-corrected chi connectivity index (χ2v) is 5.48. The summed E-state index contributed by atoms with van der Waals surface area (Å²) in [6.07, 6.45) is 2.74. The Hall–Kier alpha value is -0.690. The Morgan fingerprint density at radius 1 is 1.47 bits per heavy atom. The van der Waals surface area contributed by atoms with Gasteiger partial charge in [-0.15, -0.1) is 0 Å². The first-order valence-corrected chi connectivity index (χ1v) is 6.67. The van der Waals surface area contributed by atoms with Crippen LogP contribution in [0.3, 0.4) is 0 Å². The number of anilines is 1. The molecular weight excluding hydrogens is 334 g/mol. The molecule has 1 aliphatic carbocycles. The summed E-state index contributed by atoms with van der Waals surface area (Å²) in [5.41, 5.74) is 6.52. The zero-order valence-electron chi connectivity index (χ0n) is 9.25. The second-order valence-electron chi connectivity index (χ2n) is 4.31. The van der Waals surface area contributed by atoms with Crippen molar-refractivity contribution in [3.8, 4) is 0 Å². The largest absolute Gasteiger partial charge is 0.327 e. The summed E-state index contributed by atoms with van der Waals surface area (Å²) in [7, 11) is 0. The number of nitrogens with one attached hydrogen (secondary N) is 1. The van der Waals surface area contributed by atoms with Crippen LogP contribution in [0, 0.1) is 15.3 Å². The molecule has 92 valence electrons. The van der Waals surface area contributed by atoms with Crippen LogP contribution in [0.5, 0.6) is 0 Å². The summed E-state index contributed by atoms with van der Waals surface area (Å²) in [6.45, 7) is 0. The maximum Gasteiger partial charge on any atom is 0.229 e. The highest BCUT2D eigenvalue weighted by atomic mass is 127. The maximum atomic E-state index is 12.9. The fourth-order valence-corrected chi connectivity index (χ4v) is 2.74. The molecule has 1 amide bonds. The quantitative estimate of drug-likeness (QED) is 0.807. The molecular formula is C12H14FIN2O. The molecule has 0 heterocycles. The molecule has 2 rings (SSSR count). The Labute approximate surface area is 113 Å². The molecule has 17 heavy (non-hydrogen) atoms. The predicted octanol–water partition coefficient (Wildman–Crippen LogP) is 2.50. The standard InChI is InChI=1S/C12H14FIN2O/c13-7-4-5-11(9(14)6-7)16-12(17)8-2-1-3-10(8)15/h4-6,8,10H,1-3,15H2,(H,16,17). The Kier molecular flexibility index (Phi) is 3.98. The molecule has 0 saturated heterocycles. The van der Waals surface area contributed by atoms with Crippen LogP contribution in [0.2, 0.25) is 0 Å². The van der Waals surface area contributed by atoms with E-state index in [1.807, 2.05) is 22.6 Å². The van der Waals surface area contributed by atoms with Crippen molar-refractivity contribution in [2.75, 3.05) is 5.32 Å². The summed E-state index contributed by atoms with van der Waals surface area (Å²) in [4.78, 5) is 12.0. The molecule has 2 unspecified atom stereocenters. The van der Waals surface area contributed by atoms with Crippen LogP contribution in [0.15, 0.2) is 18.2 Å². The molecule has 0 aliphatic heterocycles. The van der Waals surface area contributed by atoms with E-state index in [0.29, 0.717) is 9.26 Å². The van der Waals surface area contributed by atoms with E-state index in [0.717, 1.165) is 19.3 Å². The third-order valence-electron chi connectivity index (χ3n) is 3.10. The molecule has 0 spiro atoms. The Morgan fingerprint density at radius 3 is 2.82 bits per heavy atom. The van der Waals surface area contributed by atoms with Gasteiger partial charge in [0.15, 0.2) is 0 Å². The Balaban J connectivity index is 2.07. The summed E-state index contributed by atoms with van der Waals surface area (Å²) >= 11 is 2.00. The van der Waals surface area contributed by atoms with Gasteiger partial charge in [-0.2, -0.15) is 0 Å². The molecule has 1 aromatic rings. The predicted molar refractivity (Wildman–Crippen MR) is 73.1 cm³/mol. The minimum Gasteiger partial charge on any atom is -0.327 e. The average molecular weight is 348 g/mol. The lowest BCUT2D eigenvalue weighted by Gasteiger charge is -2.15. The minimum absolute atomic E-state index is 0.0480. The van der Waals surface area contributed by atoms with Gasteiger partial charge in [-0.1, -0.05) is 6.42 Å². The van der Waals surface area contributed by atoms with E-state index in [1.54, 1.807) is 6.07 Å². The van der Waals surface area contributed by atoms with Gasteiger partial charge in [-0.3, -0.25) is 4.79 Å². The van der Waals surface area contributed by atoms with Crippen molar-refractivity contribution in [2.45, 2.75) is 25.3 Å². The van der Waals surface area contributed by atoms with E-state index in [2.05, 4.69) is 5.32 Å². The Bertz CT molecular complexity index is 439. The number of rotatable bonds is 2. The smallest absolute Gasteiger partial charge is 0.229 e. The van der Waals surface area contributed by atoms with Crippen molar-refractivity contribution in [3.05, 3.63) is 27.6 Å². The molecule has 1 saturated carbocycles. The summed E-state index contributed by atoms with van der Waals surface area (Å²) in [5, 5.41) is 2.82. The number of amides is 1. The van der Waals surface area contributed by atoms with Gasteiger partial charge in [-0.05, 0) is 53.6 Å². The molecule has 1 aromatic carbocycles. The number of nitrogens with two attached hydrogens (primary N) is 1. The van der Waals surface area contributed by atoms with Crippen LogP contribution in [-0.2, 0) is 4.79 Å². The number of hydrogen-bond donors (Lipinski definition) is 2. The topological polar surface area (TPSA) is 55.1 Å². The van der Waals surface area contributed by atoms with Gasteiger partial charge in [0.2, 0.25) is 5.91 Å². The summed E-state index contributed by atoms with van der Waals surface area (Å²) < 4.78 is 13.6. The van der Waals surface area contributed by atoms with Gasteiger partial charge < -0.3 is 11.1 Å². The highest BCUT2D eigenvalue weighted by Crippen LogP contribution is 2.26. The van der Waals surface area contributed by atoms with E-state index in [-0.39, 0.29) is 23.7 Å². The molecule has 0 bridgehead atoms. The van der Waals surface area contributed by atoms with Crippen molar-refractivity contribution in [2.24, 2.45) is 11.7 Å². The first-order valence-electron chi connectivity index (χ1n) is 5.59. The van der Waals surface area contributed by atoms with Crippen molar-refractivity contribution >= 4 is 34.2 Å². The van der Waals surface area contributed by atoms with E-state index in [9.17, 15) is 9.18 Å². The van der Waals surface area contributed by atoms with Gasteiger partial charge in [0.05, 0.1) is 11.6 Å². The monoisotopic (exact) mass is 348 g/mol.